The van der Waals surface area contributed by atoms with Gasteiger partial charge in [0, 0.05) is 29.6 Å². The summed E-state index contributed by atoms with van der Waals surface area (Å²) in [5, 5.41) is 10.7. The largest absolute Gasteiger partial charge is 0.497 e. The third-order valence-electron chi connectivity index (χ3n) is 4.93. The summed E-state index contributed by atoms with van der Waals surface area (Å²) in [6.45, 7) is 6.87. The summed E-state index contributed by atoms with van der Waals surface area (Å²) in [7, 11) is 1.65. The van der Waals surface area contributed by atoms with Crippen LogP contribution in [0.5, 0.6) is 5.75 Å². The number of pyridine rings is 1. The average Bonchev–Trinajstić information content (AvgIpc) is 3.20. The zero-order valence-corrected chi connectivity index (χ0v) is 18.7. The summed E-state index contributed by atoms with van der Waals surface area (Å²) < 4.78 is 7.09. The van der Waals surface area contributed by atoms with Crippen molar-refractivity contribution in [2.75, 3.05) is 19.0 Å². The fraction of sp³-hybridized carbons (Fsp3) is 0.240. The maximum Gasteiger partial charge on any atom is 0.251 e. The Morgan fingerprint density at radius 3 is 2.56 bits per heavy atom. The highest BCUT2D eigenvalue weighted by Gasteiger charge is 2.14. The molecule has 0 unspecified atom stereocenters. The van der Waals surface area contributed by atoms with Crippen molar-refractivity contribution in [3.05, 3.63) is 72.4 Å². The average molecular weight is 430 g/mol. The molecule has 2 heterocycles. The molecule has 0 atom stereocenters. The molecule has 7 heteroatoms. The van der Waals surface area contributed by atoms with Crippen LogP contribution in [-0.4, -0.2) is 34.2 Å². The number of carbonyl (C=O) groups is 1. The van der Waals surface area contributed by atoms with Crippen molar-refractivity contribution < 1.29 is 9.53 Å². The maximum absolute atomic E-state index is 12.3. The lowest BCUT2D eigenvalue weighted by Gasteiger charge is -2.18. The molecule has 0 aliphatic carbocycles. The van der Waals surface area contributed by atoms with Crippen LogP contribution >= 0.6 is 0 Å². The van der Waals surface area contributed by atoms with Crippen LogP contribution in [0.4, 0.5) is 11.6 Å². The molecule has 2 aromatic carbocycles. The first kappa shape index (κ1) is 21.4. The summed E-state index contributed by atoms with van der Waals surface area (Å²) in [6, 6.07) is 19.1. The molecular weight excluding hydrogens is 402 g/mol. The topological polar surface area (TPSA) is 80.5 Å². The van der Waals surface area contributed by atoms with E-state index in [1.807, 2.05) is 54.7 Å². The molecule has 0 bridgehead atoms. The molecule has 32 heavy (non-hydrogen) atoms. The van der Waals surface area contributed by atoms with Crippen molar-refractivity contribution in [2.45, 2.75) is 20.8 Å². The van der Waals surface area contributed by atoms with E-state index in [0.717, 1.165) is 28.2 Å². The SMILES string of the molecule is COc1cccc(-c2cccn3nc(Nc4ccc(C(=O)NCC(C)(C)C)cc4)nc23)c1. The van der Waals surface area contributed by atoms with Crippen molar-refractivity contribution in [1.82, 2.24) is 19.9 Å². The predicted octanol–water partition coefficient (Wildman–Crippen LogP) is 4.92. The highest BCUT2D eigenvalue weighted by Crippen LogP contribution is 2.27. The van der Waals surface area contributed by atoms with Crippen LogP contribution in [0.25, 0.3) is 16.8 Å². The van der Waals surface area contributed by atoms with E-state index in [-0.39, 0.29) is 11.3 Å². The number of nitrogens with one attached hydrogen (secondary N) is 2. The minimum absolute atomic E-state index is 0.0374. The number of hydrogen-bond acceptors (Lipinski definition) is 5. The van der Waals surface area contributed by atoms with Crippen molar-refractivity contribution >= 4 is 23.2 Å². The van der Waals surface area contributed by atoms with Crippen LogP contribution in [-0.2, 0) is 0 Å². The fourth-order valence-electron chi connectivity index (χ4n) is 3.26. The molecule has 0 aliphatic heterocycles. The van der Waals surface area contributed by atoms with Gasteiger partial charge in [-0.1, -0.05) is 32.9 Å². The van der Waals surface area contributed by atoms with Crippen LogP contribution in [0.1, 0.15) is 31.1 Å². The van der Waals surface area contributed by atoms with Gasteiger partial charge in [-0.25, -0.2) is 4.52 Å². The zero-order valence-electron chi connectivity index (χ0n) is 18.7. The molecule has 0 spiro atoms. The molecule has 0 fully saturated rings. The lowest BCUT2D eigenvalue weighted by atomic mass is 9.97. The second-order valence-corrected chi connectivity index (χ2v) is 8.80. The molecule has 0 aliphatic rings. The predicted molar refractivity (Wildman–Crippen MR) is 126 cm³/mol. The monoisotopic (exact) mass is 429 g/mol. The molecule has 1 amide bonds. The lowest BCUT2D eigenvalue weighted by Crippen LogP contribution is -2.32. The third kappa shape index (κ3) is 4.88. The number of aromatic nitrogens is 3. The van der Waals surface area contributed by atoms with Crippen molar-refractivity contribution in [1.29, 1.82) is 0 Å². The molecule has 2 aromatic heterocycles. The van der Waals surface area contributed by atoms with E-state index in [9.17, 15) is 4.79 Å². The molecule has 164 valence electrons. The van der Waals surface area contributed by atoms with E-state index in [1.54, 1.807) is 23.8 Å². The van der Waals surface area contributed by atoms with Gasteiger partial charge in [-0.3, -0.25) is 4.79 Å². The number of ether oxygens (including phenoxy) is 1. The van der Waals surface area contributed by atoms with Gasteiger partial charge in [0.15, 0.2) is 5.65 Å². The van der Waals surface area contributed by atoms with E-state index in [1.165, 1.54) is 0 Å². The van der Waals surface area contributed by atoms with Gasteiger partial charge in [0.1, 0.15) is 5.75 Å². The Morgan fingerprint density at radius 2 is 1.84 bits per heavy atom. The highest BCUT2D eigenvalue weighted by atomic mass is 16.5. The van der Waals surface area contributed by atoms with Gasteiger partial charge in [0.05, 0.1) is 7.11 Å². The van der Waals surface area contributed by atoms with Gasteiger partial charge in [0.25, 0.3) is 5.91 Å². The summed E-state index contributed by atoms with van der Waals surface area (Å²) in [5.74, 6) is 1.18. The third-order valence-corrected chi connectivity index (χ3v) is 4.93. The Hall–Kier alpha value is -3.87. The van der Waals surface area contributed by atoms with Crippen LogP contribution in [0.15, 0.2) is 66.9 Å². The van der Waals surface area contributed by atoms with Gasteiger partial charge < -0.3 is 15.4 Å². The minimum Gasteiger partial charge on any atom is -0.497 e. The number of fused-ring (bicyclic) bond motifs is 1. The number of anilines is 2. The normalized spacial score (nSPS) is 11.4. The van der Waals surface area contributed by atoms with Crippen molar-refractivity contribution in [3.8, 4) is 16.9 Å². The number of nitrogens with zero attached hydrogens (tertiary/aromatic N) is 3. The van der Waals surface area contributed by atoms with Crippen molar-refractivity contribution in [2.24, 2.45) is 5.41 Å². The van der Waals surface area contributed by atoms with Gasteiger partial charge in [-0.15, -0.1) is 5.10 Å². The van der Waals surface area contributed by atoms with E-state index >= 15 is 0 Å². The zero-order chi connectivity index (χ0) is 22.7. The second kappa shape index (κ2) is 8.70. The fourth-order valence-corrected chi connectivity index (χ4v) is 3.26. The van der Waals surface area contributed by atoms with Gasteiger partial charge >= 0.3 is 0 Å². The van der Waals surface area contributed by atoms with Gasteiger partial charge in [-0.2, -0.15) is 4.98 Å². The minimum atomic E-state index is -0.0831. The Morgan fingerprint density at radius 1 is 1.06 bits per heavy atom. The summed E-state index contributed by atoms with van der Waals surface area (Å²) in [5.41, 5.74) is 4.15. The van der Waals surface area contributed by atoms with Gasteiger partial charge in [0.2, 0.25) is 5.95 Å². The van der Waals surface area contributed by atoms with Crippen LogP contribution in [0, 0.1) is 5.41 Å². The molecule has 4 rings (SSSR count). The van der Waals surface area contributed by atoms with E-state index in [0.29, 0.717) is 18.1 Å². The Balaban J connectivity index is 1.53. The van der Waals surface area contributed by atoms with E-state index in [2.05, 4.69) is 41.5 Å². The standard InChI is InChI=1S/C25H27N5O2/c1-25(2,3)16-26-23(31)17-10-12-19(13-11-17)27-24-28-22-21(9-6-14-30(22)29-24)18-7-5-8-20(15-18)32-4/h5-15H,16H2,1-4H3,(H,26,31)(H,27,29). The summed E-state index contributed by atoms with van der Waals surface area (Å²) >= 11 is 0. The number of carbonyl (C=O) groups excluding carboxylic acids is 1. The van der Waals surface area contributed by atoms with Gasteiger partial charge in [-0.05, 0) is 59.5 Å². The number of benzene rings is 2. The molecule has 0 radical (unpaired) electrons. The quantitative estimate of drug-likeness (QED) is 0.455. The summed E-state index contributed by atoms with van der Waals surface area (Å²) in [4.78, 5) is 17.0. The Kier molecular flexibility index (Phi) is 5.81. The first-order chi connectivity index (χ1) is 15.3. The molecule has 7 nitrogen and oxygen atoms in total. The molecular formula is C25H27N5O2. The van der Waals surface area contributed by atoms with E-state index < -0.39 is 0 Å². The number of methoxy groups -OCH3 is 1. The second-order valence-electron chi connectivity index (χ2n) is 8.80. The highest BCUT2D eigenvalue weighted by molar-refractivity contribution is 5.94. The molecule has 4 aromatic rings. The molecule has 0 saturated heterocycles. The number of hydrogen-bond donors (Lipinski definition) is 2. The lowest BCUT2D eigenvalue weighted by molar-refractivity contribution is 0.0939. The van der Waals surface area contributed by atoms with Crippen LogP contribution < -0.4 is 15.4 Å². The molecule has 2 N–H and O–H groups in total. The van der Waals surface area contributed by atoms with Crippen LogP contribution in [0.3, 0.4) is 0 Å². The Bertz CT molecular complexity index is 1240. The number of rotatable bonds is 6. The summed E-state index contributed by atoms with van der Waals surface area (Å²) in [6.07, 6.45) is 1.86. The first-order valence-corrected chi connectivity index (χ1v) is 10.5. The smallest absolute Gasteiger partial charge is 0.251 e. The van der Waals surface area contributed by atoms with E-state index in [4.69, 9.17) is 4.74 Å². The van der Waals surface area contributed by atoms with Crippen molar-refractivity contribution in [3.63, 3.8) is 0 Å². The number of amides is 1. The van der Waals surface area contributed by atoms with Crippen LogP contribution in [0.2, 0.25) is 0 Å². The first-order valence-electron chi connectivity index (χ1n) is 10.5. The maximum atomic E-state index is 12.3. The Labute approximate surface area is 187 Å². The molecule has 0 saturated carbocycles.